The van der Waals surface area contributed by atoms with E-state index in [-0.39, 0.29) is 29.8 Å². The van der Waals surface area contributed by atoms with Gasteiger partial charge in [-0.3, -0.25) is 13.9 Å². The molecule has 0 bridgehead atoms. The van der Waals surface area contributed by atoms with Gasteiger partial charge >= 0.3 is 0 Å². The molecule has 0 aliphatic rings. The predicted molar refractivity (Wildman–Crippen MR) is 122 cm³/mol. The first kappa shape index (κ1) is 23.9. The number of sulfonamides is 1. The molecule has 2 N–H and O–H groups in total. The molecule has 0 unspecified atom stereocenters. The van der Waals surface area contributed by atoms with Crippen LogP contribution in [0.1, 0.15) is 24.2 Å². The summed E-state index contributed by atoms with van der Waals surface area (Å²) in [7, 11) is -3.76. The molecule has 0 aromatic heterocycles. The van der Waals surface area contributed by atoms with Crippen LogP contribution in [0.5, 0.6) is 5.75 Å². The summed E-state index contributed by atoms with van der Waals surface area (Å²) < 4.78 is 31.4. The molecular weight excluding hydrogens is 418 g/mol. The lowest BCUT2D eigenvalue weighted by Gasteiger charge is -2.23. The molecule has 2 rings (SSSR count). The van der Waals surface area contributed by atoms with Crippen molar-refractivity contribution in [3.05, 3.63) is 66.7 Å². The Morgan fingerprint density at radius 2 is 1.87 bits per heavy atom. The summed E-state index contributed by atoms with van der Waals surface area (Å²) in [4.78, 5) is 25.0. The number of anilines is 2. The fraction of sp³-hybridized carbons (Fsp3) is 0.273. The van der Waals surface area contributed by atoms with E-state index in [0.717, 1.165) is 10.6 Å². The zero-order valence-electron chi connectivity index (χ0n) is 17.8. The van der Waals surface area contributed by atoms with E-state index in [1.54, 1.807) is 54.6 Å². The second-order valence-corrected chi connectivity index (χ2v) is 8.93. The Hall–Kier alpha value is -3.33. The molecule has 0 radical (unpaired) electrons. The van der Waals surface area contributed by atoms with Gasteiger partial charge in [0.25, 0.3) is 5.91 Å². The molecule has 2 aromatic rings. The first-order valence-electron chi connectivity index (χ1n) is 9.64. The van der Waals surface area contributed by atoms with Crippen molar-refractivity contribution in [2.75, 3.05) is 29.0 Å². The highest BCUT2D eigenvalue weighted by atomic mass is 32.2. The molecule has 166 valence electrons. The van der Waals surface area contributed by atoms with Crippen molar-refractivity contribution >= 4 is 33.2 Å². The minimum Gasteiger partial charge on any atom is -0.491 e. The highest BCUT2D eigenvalue weighted by molar-refractivity contribution is 7.92. The monoisotopic (exact) mass is 445 g/mol. The van der Waals surface area contributed by atoms with Gasteiger partial charge in [0.15, 0.2) is 0 Å². The molecule has 0 saturated carbocycles. The zero-order valence-corrected chi connectivity index (χ0v) is 18.6. The minimum absolute atomic E-state index is 0.0889. The van der Waals surface area contributed by atoms with Gasteiger partial charge in [0.2, 0.25) is 15.9 Å². The summed E-state index contributed by atoms with van der Waals surface area (Å²) in [5.74, 6) is -0.482. The number of carbonyl (C=O) groups excluding carboxylic acids is 2. The molecule has 31 heavy (non-hydrogen) atoms. The summed E-state index contributed by atoms with van der Waals surface area (Å²) >= 11 is 0. The van der Waals surface area contributed by atoms with Crippen LogP contribution in [-0.4, -0.2) is 45.7 Å². The number of ether oxygens (including phenoxy) is 1. The Morgan fingerprint density at radius 1 is 1.16 bits per heavy atom. The summed E-state index contributed by atoms with van der Waals surface area (Å²) in [5.41, 5.74) is 0.836. The molecule has 0 aliphatic heterocycles. The largest absolute Gasteiger partial charge is 0.491 e. The van der Waals surface area contributed by atoms with E-state index in [1.165, 1.54) is 0 Å². The highest BCUT2D eigenvalue weighted by Gasteiger charge is 2.22. The average Bonchev–Trinajstić information content (AvgIpc) is 2.69. The van der Waals surface area contributed by atoms with Gasteiger partial charge in [-0.2, -0.15) is 0 Å². The third-order valence-corrected chi connectivity index (χ3v) is 5.16. The molecule has 8 nitrogen and oxygen atoms in total. The molecular formula is C22H27N3O5S. The van der Waals surface area contributed by atoms with Crippen LogP contribution in [0, 0.1) is 0 Å². The first-order valence-corrected chi connectivity index (χ1v) is 11.5. The maximum absolute atomic E-state index is 12.7. The topological polar surface area (TPSA) is 105 Å². The fourth-order valence-electron chi connectivity index (χ4n) is 2.75. The lowest BCUT2D eigenvalue weighted by molar-refractivity contribution is -0.114. The van der Waals surface area contributed by atoms with Crippen LogP contribution in [0.15, 0.2) is 61.2 Å². The van der Waals surface area contributed by atoms with E-state index in [1.807, 2.05) is 13.8 Å². The van der Waals surface area contributed by atoms with Gasteiger partial charge in [0.1, 0.15) is 12.3 Å². The maximum Gasteiger partial charge on any atom is 0.253 e. The van der Waals surface area contributed by atoms with Gasteiger partial charge in [0.05, 0.1) is 29.3 Å². The van der Waals surface area contributed by atoms with Crippen molar-refractivity contribution in [3.63, 3.8) is 0 Å². The van der Waals surface area contributed by atoms with Gasteiger partial charge in [-0.15, -0.1) is 6.58 Å². The number of nitrogens with zero attached hydrogens (tertiary/aromatic N) is 1. The van der Waals surface area contributed by atoms with E-state index in [0.29, 0.717) is 11.4 Å². The third kappa shape index (κ3) is 7.14. The summed E-state index contributed by atoms with van der Waals surface area (Å²) in [6.07, 6.45) is 2.47. The Bertz CT molecular complexity index is 1050. The molecule has 0 aliphatic carbocycles. The number of nitrogens with one attached hydrogen (secondary N) is 2. The first-order chi connectivity index (χ1) is 14.6. The van der Waals surface area contributed by atoms with E-state index in [9.17, 15) is 18.0 Å². The van der Waals surface area contributed by atoms with Gasteiger partial charge in [0, 0.05) is 12.6 Å². The van der Waals surface area contributed by atoms with Gasteiger partial charge in [-0.1, -0.05) is 24.3 Å². The van der Waals surface area contributed by atoms with Crippen LogP contribution in [0.2, 0.25) is 0 Å². The van der Waals surface area contributed by atoms with E-state index in [2.05, 4.69) is 17.2 Å². The van der Waals surface area contributed by atoms with Crippen LogP contribution >= 0.6 is 0 Å². The molecule has 0 saturated heterocycles. The predicted octanol–water partition coefficient (Wildman–Crippen LogP) is 2.79. The summed E-state index contributed by atoms with van der Waals surface area (Å²) in [6, 6.07) is 13.0. The number of carbonyl (C=O) groups is 2. The molecule has 9 heteroatoms. The summed E-state index contributed by atoms with van der Waals surface area (Å²) in [6.45, 7) is 7.07. The molecule has 0 heterocycles. The molecule has 2 amide bonds. The number of rotatable bonds is 10. The standard InChI is InChI=1S/C22H27N3O5S/c1-5-13-23-22(27)19-11-6-7-12-20(19)24-21(26)15-25(31(4,28)29)17-9-8-10-18(14-17)30-16(2)3/h5-12,14,16H,1,13,15H2,2-4H3,(H,23,27)(H,24,26). The van der Waals surface area contributed by atoms with Gasteiger partial charge in [-0.25, -0.2) is 8.42 Å². The highest BCUT2D eigenvalue weighted by Crippen LogP contribution is 2.24. The number of amides is 2. The average molecular weight is 446 g/mol. The number of para-hydroxylation sites is 1. The van der Waals surface area contributed by atoms with Gasteiger partial charge < -0.3 is 15.4 Å². The fourth-order valence-corrected chi connectivity index (χ4v) is 3.60. The summed E-state index contributed by atoms with van der Waals surface area (Å²) in [5, 5.41) is 5.27. The zero-order chi connectivity index (χ0) is 23.0. The van der Waals surface area contributed by atoms with Crippen molar-refractivity contribution in [1.82, 2.24) is 5.32 Å². The molecule has 0 atom stereocenters. The van der Waals surface area contributed by atoms with Crippen LogP contribution in [-0.2, 0) is 14.8 Å². The normalized spacial score (nSPS) is 11.0. The third-order valence-electron chi connectivity index (χ3n) is 4.02. The van der Waals surface area contributed by atoms with E-state index in [4.69, 9.17) is 4.74 Å². The molecule has 0 fully saturated rings. The number of benzene rings is 2. The SMILES string of the molecule is C=CCNC(=O)c1ccccc1NC(=O)CN(c1cccc(OC(C)C)c1)S(C)(=O)=O. The number of hydrogen-bond donors (Lipinski definition) is 2. The molecule has 2 aromatic carbocycles. The van der Waals surface area contributed by atoms with Crippen LogP contribution in [0.4, 0.5) is 11.4 Å². The lowest BCUT2D eigenvalue weighted by atomic mass is 10.1. The van der Waals surface area contributed by atoms with Crippen molar-refractivity contribution in [3.8, 4) is 5.75 Å². The van der Waals surface area contributed by atoms with Crippen LogP contribution in [0.25, 0.3) is 0 Å². The van der Waals surface area contributed by atoms with Crippen LogP contribution < -0.4 is 19.7 Å². The number of hydrogen-bond acceptors (Lipinski definition) is 5. The van der Waals surface area contributed by atoms with Crippen molar-refractivity contribution < 1.29 is 22.7 Å². The quantitative estimate of drug-likeness (QED) is 0.547. The van der Waals surface area contributed by atoms with Gasteiger partial charge in [-0.05, 0) is 38.1 Å². The Labute approximate surface area is 183 Å². The van der Waals surface area contributed by atoms with Crippen LogP contribution in [0.3, 0.4) is 0 Å². The minimum atomic E-state index is -3.76. The Kier molecular flexibility index (Phi) is 8.21. The lowest BCUT2D eigenvalue weighted by Crippen LogP contribution is -2.37. The smallest absolute Gasteiger partial charge is 0.253 e. The van der Waals surface area contributed by atoms with Crippen molar-refractivity contribution in [2.24, 2.45) is 0 Å². The second kappa shape index (κ2) is 10.6. The van der Waals surface area contributed by atoms with Crippen molar-refractivity contribution in [1.29, 1.82) is 0 Å². The molecule has 0 spiro atoms. The maximum atomic E-state index is 12.7. The second-order valence-electron chi connectivity index (χ2n) is 7.03. The van der Waals surface area contributed by atoms with Crippen molar-refractivity contribution in [2.45, 2.75) is 20.0 Å². The van der Waals surface area contributed by atoms with E-state index >= 15 is 0 Å². The Morgan fingerprint density at radius 3 is 2.52 bits per heavy atom. The Balaban J connectivity index is 2.24. The van der Waals surface area contributed by atoms with E-state index < -0.39 is 22.5 Å².